The lowest BCUT2D eigenvalue weighted by molar-refractivity contribution is -0.146. The Kier molecular flexibility index (Phi) is 4.84. The molecular weight excluding hydrogens is 260 g/mol. The molecule has 2 rings (SSSR count). The van der Waals surface area contributed by atoms with E-state index in [1.54, 1.807) is 21.1 Å². The number of esters is 1. The van der Waals surface area contributed by atoms with Crippen LogP contribution >= 0.6 is 0 Å². The van der Waals surface area contributed by atoms with E-state index in [2.05, 4.69) is 0 Å². The second-order valence-corrected chi connectivity index (χ2v) is 4.52. The van der Waals surface area contributed by atoms with Gasteiger partial charge in [0.1, 0.15) is 0 Å². The summed E-state index contributed by atoms with van der Waals surface area (Å²) < 4.78 is 21.3. The second-order valence-electron chi connectivity index (χ2n) is 4.52. The SMILES string of the molecule is CCOC(=O)CC1OCCc2cc(OC)c(OC)cc21. The molecular formula is C15H20O5. The van der Waals surface area contributed by atoms with Gasteiger partial charge in [-0.05, 0) is 36.6 Å². The van der Waals surface area contributed by atoms with Crippen LogP contribution in [0, 0.1) is 0 Å². The van der Waals surface area contributed by atoms with E-state index in [-0.39, 0.29) is 18.5 Å². The van der Waals surface area contributed by atoms with Crippen LogP contribution in [0.4, 0.5) is 0 Å². The van der Waals surface area contributed by atoms with E-state index in [4.69, 9.17) is 18.9 Å². The number of hydrogen-bond donors (Lipinski definition) is 0. The fourth-order valence-corrected chi connectivity index (χ4v) is 2.39. The maximum Gasteiger partial charge on any atom is 0.308 e. The summed E-state index contributed by atoms with van der Waals surface area (Å²) in [5, 5.41) is 0. The van der Waals surface area contributed by atoms with Crippen molar-refractivity contribution < 1.29 is 23.7 Å². The predicted molar refractivity (Wildman–Crippen MR) is 73.2 cm³/mol. The monoisotopic (exact) mass is 280 g/mol. The summed E-state index contributed by atoms with van der Waals surface area (Å²) in [4.78, 5) is 11.6. The van der Waals surface area contributed by atoms with Gasteiger partial charge in [-0.3, -0.25) is 4.79 Å². The van der Waals surface area contributed by atoms with Crippen molar-refractivity contribution in [3.63, 3.8) is 0 Å². The number of benzene rings is 1. The van der Waals surface area contributed by atoms with Crippen LogP contribution in [0.15, 0.2) is 12.1 Å². The molecule has 1 aromatic carbocycles. The summed E-state index contributed by atoms with van der Waals surface area (Å²) in [5.74, 6) is 1.09. The van der Waals surface area contributed by atoms with Gasteiger partial charge in [0, 0.05) is 0 Å². The van der Waals surface area contributed by atoms with Crippen LogP contribution in [-0.4, -0.2) is 33.4 Å². The Hall–Kier alpha value is -1.75. The molecule has 1 aromatic rings. The van der Waals surface area contributed by atoms with Crippen molar-refractivity contribution in [1.29, 1.82) is 0 Å². The van der Waals surface area contributed by atoms with E-state index in [1.807, 2.05) is 12.1 Å². The van der Waals surface area contributed by atoms with Crippen LogP contribution < -0.4 is 9.47 Å². The van der Waals surface area contributed by atoms with E-state index in [0.717, 1.165) is 17.5 Å². The maximum atomic E-state index is 11.6. The first-order chi connectivity index (χ1) is 9.69. The normalized spacial score (nSPS) is 17.2. The van der Waals surface area contributed by atoms with Crippen LogP contribution in [0.3, 0.4) is 0 Å². The number of hydrogen-bond acceptors (Lipinski definition) is 5. The summed E-state index contributed by atoms with van der Waals surface area (Å²) in [6.45, 7) is 2.76. The van der Waals surface area contributed by atoms with Gasteiger partial charge < -0.3 is 18.9 Å². The van der Waals surface area contributed by atoms with E-state index >= 15 is 0 Å². The average Bonchev–Trinajstić information content (AvgIpc) is 2.46. The number of methoxy groups -OCH3 is 2. The molecule has 0 fully saturated rings. The molecule has 20 heavy (non-hydrogen) atoms. The number of rotatable bonds is 5. The summed E-state index contributed by atoms with van der Waals surface area (Å²) in [6, 6.07) is 3.84. The van der Waals surface area contributed by atoms with Crippen LogP contribution in [-0.2, 0) is 20.7 Å². The third kappa shape index (κ3) is 3.04. The van der Waals surface area contributed by atoms with Crippen LogP contribution in [0.1, 0.15) is 30.6 Å². The van der Waals surface area contributed by atoms with Gasteiger partial charge in [-0.25, -0.2) is 0 Å². The highest BCUT2D eigenvalue weighted by molar-refractivity contribution is 5.70. The fraction of sp³-hybridized carbons (Fsp3) is 0.533. The highest BCUT2D eigenvalue weighted by Gasteiger charge is 2.26. The lowest BCUT2D eigenvalue weighted by atomic mass is 9.95. The van der Waals surface area contributed by atoms with Crippen molar-refractivity contribution >= 4 is 5.97 Å². The van der Waals surface area contributed by atoms with Crippen molar-refractivity contribution in [3.8, 4) is 11.5 Å². The topological polar surface area (TPSA) is 54.0 Å². The molecule has 1 aliphatic rings. The van der Waals surface area contributed by atoms with Crippen LogP contribution in [0.5, 0.6) is 11.5 Å². The molecule has 0 spiro atoms. The molecule has 0 N–H and O–H groups in total. The van der Waals surface area contributed by atoms with Crippen molar-refractivity contribution in [3.05, 3.63) is 23.3 Å². The Morgan fingerprint density at radius 2 is 2.00 bits per heavy atom. The molecule has 110 valence electrons. The minimum atomic E-state index is -0.280. The molecule has 0 saturated heterocycles. The summed E-state index contributed by atoms with van der Waals surface area (Å²) in [5.41, 5.74) is 2.10. The van der Waals surface area contributed by atoms with Gasteiger partial charge in [0.15, 0.2) is 11.5 Å². The van der Waals surface area contributed by atoms with E-state index in [9.17, 15) is 4.79 Å². The third-order valence-electron chi connectivity index (χ3n) is 3.34. The molecule has 1 unspecified atom stereocenters. The molecule has 0 saturated carbocycles. The fourth-order valence-electron chi connectivity index (χ4n) is 2.39. The predicted octanol–water partition coefficient (Wildman–Crippen LogP) is 2.27. The molecule has 1 atom stereocenters. The van der Waals surface area contributed by atoms with Gasteiger partial charge in [-0.1, -0.05) is 0 Å². The Bertz CT molecular complexity index is 483. The first-order valence-corrected chi connectivity index (χ1v) is 6.71. The van der Waals surface area contributed by atoms with Gasteiger partial charge in [0.05, 0.1) is 40.0 Å². The Morgan fingerprint density at radius 3 is 2.65 bits per heavy atom. The third-order valence-corrected chi connectivity index (χ3v) is 3.34. The molecule has 0 amide bonds. The second kappa shape index (κ2) is 6.61. The minimum Gasteiger partial charge on any atom is -0.493 e. The van der Waals surface area contributed by atoms with Crippen molar-refractivity contribution in [2.24, 2.45) is 0 Å². The molecule has 1 aliphatic heterocycles. The smallest absolute Gasteiger partial charge is 0.308 e. The average molecular weight is 280 g/mol. The zero-order valence-electron chi connectivity index (χ0n) is 12.1. The van der Waals surface area contributed by atoms with Crippen LogP contribution in [0.2, 0.25) is 0 Å². The lowest BCUT2D eigenvalue weighted by Gasteiger charge is -2.26. The van der Waals surface area contributed by atoms with Gasteiger partial charge in [-0.15, -0.1) is 0 Å². The van der Waals surface area contributed by atoms with Crippen molar-refractivity contribution in [2.45, 2.75) is 25.9 Å². The maximum absolute atomic E-state index is 11.6. The molecule has 1 heterocycles. The number of carbonyl (C=O) groups is 1. The minimum absolute atomic E-state index is 0.219. The first kappa shape index (κ1) is 14.7. The molecule has 0 aliphatic carbocycles. The lowest BCUT2D eigenvalue weighted by Crippen LogP contribution is -2.20. The highest BCUT2D eigenvalue weighted by Crippen LogP contribution is 2.38. The Balaban J connectivity index is 2.27. The zero-order valence-corrected chi connectivity index (χ0v) is 12.1. The van der Waals surface area contributed by atoms with Gasteiger partial charge in [-0.2, -0.15) is 0 Å². The molecule has 0 radical (unpaired) electrons. The number of ether oxygens (including phenoxy) is 4. The Morgan fingerprint density at radius 1 is 1.30 bits per heavy atom. The van der Waals surface area contributed by atoms with E-state index < -0.39 is 0 Å². The van der Waals surface area contributed by atoms with Crippen LogP contribution in [0.25, 0.3) is 0 Å². The van der Waals surface area contributed by atoms with E-state index in [1.165, 1.54) is 0 Å². The van der Waals surface area contributed by atoms with Gasteiger partial charge >= 0.3 is 5.97 Å². The largest absolute Gasteiger partial charge is 0.493 e. The van der Waals surface area contributed by atoms with Gasteiger partial charge in [0.2, 0.25) is 0 Å². The highest BCUT2D eigenvalue weighted by atomic mass is 16.5. The summed E-state index contributed by atoms with van der Waals surface area (Å²) in [7, 11) is 3.20. The molecule has 5 heteroatoms. The zero-order chi connectivity index (χ0) is 14.5. The first-order valence-electron chi connectivity index (χ1n) is 6.71. The quantitative estimate of drug-likeness (QED) is 0.774. The molecule has 0 aromatic heterocycles. The molecule has 5 nitrogen and oxygen atoms in total. The Labute approximate surface area is 118 Å². The summed E-state index contributed by atoms with van der Waals surface area (Å²) in [6.07, 6.45) is 0.739. The number of carbonyl (C=O) groups excluding carboxylic acids is 1. The van der Waals surface area contributed by atoms with Gasteiger partial charge in [0.25, 0.3) is 0 Å². The molecule has 0 bridgehead atoms. The van der Waals surface area contributed by atoms with E-state index in [0.29, 0.717) is 24.7 Å². The van der Waals surface area contributed by atoms with Crippen molar-refractivity contribution in [2.75, 3.05) is 27.4 Å². The standard InChI is InChI=1S/C15H20O5/c1-4-19-15(16)9-12-11-8-14(18-3)13(17-2)7-10(11)5-6-20-12/h7-8,12H,4-6,9H2,1-3H3. The van der Waals surface area contributed by atoms with Crippen molar-refractivity contribution in [1.82, 2.24) is 0 Å². The summed E-state index contributed by atoms with van der Waals surface area (Å²) >= 11 is 0. The number of fused-ring (bicyclic) bond motifs is 1.